The quantitative estimate of drug-likeness (QED) is 0.798. The molecule has 3 amide bonds. The normalized spacial score (nSPS) is 17.5. The van der Waals surface area contributed by atoms with E-state index in [9.17, 15) is 14.4 Å². The lowest BCUT2D eigenvalue weighted by Gasteiger charge is -2.16. The molecule has 1 aliphatic rings. The minimum Gasteiger partial charge on any atom is -0.451 e. The largest absolute Gasteiger partial charge is 0.451 e. The van der Waals surface area contributed by atoms with Gasteiger partial charge in [-0.2, -0.15) is 0 Å². The van der Waals surface area contributed by atoms with E-state index in [1.165, 1.54) is 21.8 Å². The summed E-state index contributed by atoms with van der Waals surface area (Å²) < 4.78 is 5.01. The number of aryl methyl sites for hydroxylation is 1. The van der Waals surface area contributed by atoms with Crippen molar-refractivity contribution in [2.75, 3.05) is 6.61 Å². The number of esters is 1. The Morgan fingerprint density at radius 1 is 1.42 bits per heavy atom. The first kappa shape index (κ1) is 18.4. The fourth-order valence-electron chi connectivity index (χ4n) is 2.53. The molecule has 0 unspecified atom stereocenters. The second-order valence-electron chi connectivity index (χ2n) is 6.31. The van der Waals surface area contributed by atoms with Gasteiger partial charge in [-0.1, -0.05) is 13.8 Å². The van der Waals surface area contributed by atoms with Crippen LogP contribution in [0.3, 0.4) is 0 Å². The minimum absolute atomic E-state index is 0.0276. The van der Waals surface area contributed by atoms with Crippen LogP contribution in [0.4, 0.5) is 4.79 Å². The van der Waals surface area contributed by atoms with Crippen LogP contribution in [0.15, 0.2) is 6.07 Å². The number of nitrogens with one attached hydrogen (secondary N) is 2. The van der Waals surface area contributed by atoms with E-state index in [1.54, 1.807) is 0 Å². The zero-order chi connectivity index (χ0) is 17.7. The van der Waals surface area contributed by atoms with Gasteiger partial charge in [0.1, 0.15) is 4.88 Å². The van der Waals surface area contributed by atoms with Crippen molar-refractivity contribution >= 4 is 29.2 Å². The summed E-state index contributed by atoms with van der Waals surface area (Å²) in [6.45, 7) is 5.50. The number of hydrogen-bond acceptors (Lipinski definition) is 5. The van der Waals surface area contributed by atoms with E-state index in [1.807, 2.05) is 19.9 Å². The van der Waals surface area contributed by atoms with E-state index in [4.69, 9.17) is 4.74 Å². The topological polar surface area (TPSA) is 84.5 Å². The SMILES string of the molecule is CC[C@H](C)NC(=O)NC(=O)COC(=O)c1cc2c(s1)CC[C@H](C)C2. The van der Waals surface area contributed by atoms with Crippen LogP contribution in [0.5, 0.6) is 0 Å². The Hall–Kier alpha value is -1.89. The molecule has 6 nitrogen and oxygen atoms in total. The molecule has 0 fully saturated rings. The second kappa shape index (κ2) is 8.28. The molecule has 0 aromatic carbocycles. The third kappa shape index (κ3) is 5.06. The standard InChI is InChI=1S/C17H24N2O4S/c1-4-11(3)18-17(22)19-15(20)9-23-16(21)14-8-12-7-10(2)5-6-13(12)24-14/h8,10-11H,4-7,9H2,1-3H3,(H2,18,19,20,22)/t10-,11-/m0/s1. The highest BCUT2D eigenvalue weighted by molar-refractivity contribution is 7.14. The third-order valence-corrected chi connectivity index (χ3v) is 5.32. The predicted molar refractivity (Wildman–Crippen MR) is 92.2 cm³/mol. The summed E-state index contributed by atoms with van der Waals surface area (Å²) in [5.41, 5.74) is 1.21. The third-order valence-electron chi connectivity index (χ3n) is 4.11. The second-order valence-corrected chi connectivity index (χ2v) is 7.45. The van der Waals surface area contributed by atoms with Crippen LogP contribution in [-0.2, 0) is 22.4 Å². The van der Waals surface area contributed by atoms with Crippen LogP contribution < -0.4 is 10.6 Å². The molecule has 1 aromatic heterocycles. The number of fused-ring (bicyclic) bond motifs is 1. The van der Waals surface area contributed by atoms with Gasteiger partial charge in [0.2, 0.25) is 0 Å². The maximum atomic E-state index is 12.1. The zero-order valence-electron chi connectivity index (χ0n) is 14.3. The minimum atomic E-state index is -0.640. The van der Waals surface area contributed by atoms with Gasteiger partial charge < -0.3 is 10.1 Å². The van der Waals surface area contributed by atoms with E-state index in [-0.39, 0.29) is 6.04 Å². The Morgan fingerprint density at radius 2 is 2.17 bits per heavy atom. The molecular weight excluding hydrogens is 328 g/mol. The highest BCUT2D eigenvalue weighted by Crippen LogP contribution is 2.32. The van der Waals surface area contributed by atoms with Gasteiger partial charge in [0.15, 0.2) is 6.61 Å². The van der Waals surface area contributed by atoms with Crippen molar-refractivity contribution < 1.29 is 19.1 Å². The Bertz CT molecular complexity index is 626. The van der Waals surface area contributed by atoms with E-state index >= 15 is 0 Å². The molecule has 2 atom stereocenters. The van der Waals surface area contributed by atoms with Crippen molar-refractivity contribution in [2.24, 2.45) is 5.92 Å². The van der Waals surface area contributed by atoms with Crippen LogP contribution in [0, 0.1) is 5.92 Å². The average molecular weight is 352 g/mol. The number of thiophene rings is 1. The molecule has 0 radical (unpaired) electrons. The van der Waals surface area contributed by atoms with Crippen molar-refractivity contribution in [3.05, 3.63) is 21.4 Å². The highest BCUT2D eigenvalue weighted by atomic mass is 32.1. The van der Waals surface area contributed by atoms with Crippen LogP contribution >= 0.6 is 11.3 Å². The number of hydrogen-bond donors (Lipinski definition) is 2. The van der Waals surface area contributed by atoms with Crippen molar-refractivity contribution in [3.8, 4) is 0 Å². The Kier molecular flexibility index (Phi) is 6.36. The van der Waals surface area contributed by atoms with Gasteiger partial charge in [-0.3, -0.25) is 10.1 Å². The first-order valence-corrected chi connectivity index (χ1v) is 9.09. The molecule has 132 valence electrons. The molecule has 0 saturated carbocycles. The van der Waals surface area contributed by atoms with Crippen molar-refractivity contribution in [2.45, 2.75) is 52.5 Å². The van der Waals surface area contributed by atoms with Gasteiger partial charge in [-0.05, 0) is 50.2 Å². The molecule has 0 aliphatic heterocycles. The summed E-state index contributed by atoms with van der Waals surface area (Å²) in [5, 5.41) is 4.75. The monoisotopic (exact) mass is 352 g/mol. The van der Waals surface area contributed by atoms with Crippen molar-refractivity contribution in [3.63, 3.8) is 0 Å². The zero-order valence-corrected chi connectivity index (χ0v) is 15.1. The van der Waals surface area contributed by atoms with Crippen LogP contribution in [-0.4, -0.2) is 30.6 Å². The van der Waals surface area contributed by atoms with E-state index < -0.39 is 24.5 Å². The first-order valence-electron chi connectivity index (χ1n) is 8.28. The molecule has 2 N–H and O–H groups in total. The molecule has 1 heterocycles. The van der Waals surface area contributed by atoms with Gasteiger partial charge in [-0.25, -0.2) is 9.59 Å². The van der Waals surface area contributed by atoms with Gasteiger partial charge in [0.25, 0.3) is 5.91 Å². The predicted octanol–water partition coefficient (Wildman–Crippen LogP) is 2.65. The lowest BCUT2D eigenvalue weighted by Crippen LogP contribution is -2.44. The fraction of sp³-hybridized carbons (Fsp3) is 0.588. The Labute approximate surface area is 146 Å². The lowest BCUT2D eigenvalue weighted by atomic mass is 9.90. The summed E-state index contributed by atoms with van der Waals surface area (Å²) >= 11 is 1.44. The molecule has 24 heavy (non-hydrogen) atoms. The molecule has 0 spiro atoms. The van der Waals surface area contributed by atoms with Crippen molar-refractivity contribution in [1.29, 1.82) is 0 Å². The smallest absolute Gasteiger partial charge is 0.348 e. The molecule has 0 bridgehead atoms. The van der Waals surface area contributed by atoms with Crippen LogP contribution in [0.25, 0.3) is 0 Å². The van der Waals surface area contributed by atoms with Gasteiger partial charge >= 0.3 is 12.0 Å². The molecule has 2 rings (SSSR count). The Morgan fingerprint density at radius 3 is 2.88 bits per heavy atom. The molecule has 0 saturated heterocycles. The molecular formula is C17H24N2O4S. The number of rotatable bonds is 5. The fourth-order valence-corrected chi connectivity index (χ4v) is 3.64. The number of carbonyl (C=O) groups excluding carboxylic acids is 3. The summed E-state index contributed by atoms with van der Waals surface area (Å²) in [7, 11) is 0. The van der Waals surface area contributed by atoms with Crippen LogP contribution in [0.1, 0.15) is 53.7 Å². The number of carbonyl (C=O) groups is 3. The molecule has 1 aliphatic carbocycles. The number of ether oxygens (including phenoxy) is 1. The molecule has 1 aromatic rings. The lowest BCUT2D eigenvalue weighted by molar-refractivity contribution is -0.123. The summed E-state index contributed by atoms with van der Waals surface area (Å²) in [6.07, 6.45) is 3.87. The number of imide groups is 1. The summed E-state index contributed by atoms with van der Waals surface area (Å²) in [5.74, 6) is -0.524. The summed E-state index contributed by atoms with van der Waals surface area (Å²) in [6, 6.07) is 1.26. The van der Waals surface area contributed by atoms with E-state index in [0.29, 0.717) is 10.8 Å². The van der Waals surface area contributed by atoms with Gasteiger partial charge in [0, 0.05) is 10.9 Å². The molecule has 7 heteroatoms. The van der Waals surface area contributed by atoms with Gasteiger partial charge in [0.05, 0.1) is 0 Å². The average Bonchev–Trinajstić information content (AvgIpc) is 2.95. The Balaban J connectivity index is 1.81. The summed E-state index contributed by atoms with van der Waals surface area (Å²) in [4.78, 5) is 37.0. The number of urea groups is 1. The first-order chi connectivity index (χ1) is 11.4. The maximum Gasteiger partial charge on any atom is 0.348 e. The maximum absolute atomic E-state index is 12.1. The van der Waals surface area contributed by atoms with Crippen LogP contribution in [0.2, 0.25) is 0 Å². The van der Waals surface area contributed by atoms with Crippen molar-refractivity contribution in [1.82, 2.24) is 10.6 Å². The highest BCUT2D eigenvalue weighted by Gasteiger charge is 2.22. The van der Waals surface area contributed by atoms with Gasteiger partial charge in [-0.15, -0.1) is 11.3 Å². The number of amides is 3. The van der Waals surface area contributed by atoms with E-state index in [2.05, 4.69) is 17.6 Å². The van der Waals surface area contributed by atoms with E-state index in [0.717, 1.165) is 25.7 Å².